The quantitative estimate of drug-likeness (QED) is 0.553. The number of hydrogen-bond donors (Lipinski definition) is 2. The van der Waals surface area contributed by atoms with Crippen molar-refractivity contribution in [2.24, 2.45) is 0 Å². The lowest BCUT2D eigenvalue weighted by molar-refractivity contribution is -0.115. The molecule has 1 heterocycles. The smallest absolute Gasteiger partial charge is 0.303 e. The Morgan fingerprint density at radius 1 is 1.12 bits per heavy atom. The minimum absolute atomic E-state index is 0.333. The standard InChI is InChI=1S/C12H12N2O2/c1-7-5-3-4-6-9(7)8(2)10-11(15)14-12(16)13-10/h3-6H,1-2H3,(H2,13,14,15,16)/b10-8-. The third-order valence-corrected chi connectivity index (χ3v) is 2.62. The highest BCUT2D eigenvalue weighted by Crippen LogP contribution is 2.21. The fourth-order valence-corrected chi connectivity index (χ4v) is 1.76. The summed E-state index contributed by atoms with van der Waals surface area (Å²) in [5.41, 5.74) is 3.15. The molecule has 0 aromatic heterocycles. The Morgan fingerprint density at radius 2 is 1.81 bits per heavy atom. The first-order chi connectivity index (χ1) is 7.59. The van der Waals surface area contributed by atoms with E-state index in [-0.39, 0.29) is 5.91 Å². The predicted octanol–water partition coefficient (Wildman–Crippen LogP) is 1.57. The number of aryl methyl sites for hydroxylation is 1. The summed E-state index contributed by atoms with van der Waals surface area (Å²) in [7, 11) is 0. The van der Waals surface area contributed by atoms with E-state index in [1.807, 2.05) is 38.1 Å². The highest BCUT2D eigenvalue weighted by atomic mass is 16.2. The Hall–Kier alpha value is -2.10. The number of carbonyl (C=O) groups excluding carboxylic acids is 2. The second kappa shape index (κ2) is 3.81. The van der Waals surface area contributed by atoms with E-state index in [0.717, 1.165) is 16.7 Å². The molecular formula is C12H12N2O2. The second-order valence-corrected chi connectivity index (χ2v) is 3.72. The number of amides is 3. The van der Waals surface area contributed by atoms with Crippen molar-refractivity contribution in [3.8, 4) is 0 Å². The lowest BCUT2D eigenvalue weighted by Crippen LogP contribution is -2.22. The zero-order valence-corrected chi connectivity index (χ0v) is 9.13. The molecule has 1 fully saturated rings. The van der Waals surface area contributed by atoms with Crippen LogP contribution in [0.25, 0.3) is 5.57 Å². The lowest BCUT2D eigenvalue weighted by Gasteiger charge is -2.07. The van der Waals surface area contributed by atoms with Crippen LogP contribution in [0.2, 0.25) is 0 Å². The molecule has 0 saturated carbocycles. The molecule has 4 heteroatoms. The molecule has 0 spiro atoms. The third-order valence-electron chi connectivity index (χ3n) is 2.62. The first kappa shape index (κ1) is 10.4. The molecule has 0 radical (unpaired) electrons. The first-order valence-electron chi connectivity index (χ1n) is 4.99. The van der Waals surface area contributed by atoms with Gasteiger partial charge in [0.15, 0.2) is 0 Å². The van der Waals surface area contributed by atoms with Crippen LogP contribution < -0.4 is 10.6 Å². The highest BCUT2D eigenvalue weighted by Gasteiger charge is 2.25. The van der Waals surface area contributed by atoms with Gasteiger partial charge < -0.3 is 5.32 Å². The summed E-state index contributed by atoms with van der Waals surface area (Å²) in [4.78, 5) is 22.5. The van der Waals surface area contributed by atoms with Crippen molar-refractivity contribution in [1.82, 2.24) is 10.6 Å². The Labute approximate surface area is 93.3 Å². The maximum atomic E-state index is 11.5. The first-order valence-corrected chi connectivity index (χ1v) is 4.99. The molecule has 1 saturated heterocycles. The zero-order valence-electron chi connectivity index (χ0n) is 9.13. The fourth-order valence-electron chi connectivity index (χ4n) is 1.76. The molecule has 2 N–H and O–H groups in total. The summed E-state index contributed by atoms with van der Waals surface area (Å²) in [6.45, 7) is 3.79. The number of rotatable bonds is 1. The van der Waals surface area contributed by atoms with Gasteiger partial charge in [-0.3, -0.25) is 10.1 Å². The third kappa shape index (κ3) is 1.69. The average molecular weight is 216 g/mol. The topological polar surface area (TPSA) is 58.2 Å². The summed E-state index contributed by atoms with van der Waals surface area (Å²) >= 11 is 0. The monoisotopic (exact) mass is 216 g/mol. The van der Waals surface area contributed by atoms with E-state index in [0.29, 0.717) is 5.70 Å². The zero-order chi connectivity index (χ0) is 11.7. The van der Waals surface area contributed by atoms with Crippen molar-refractivity contribution >= 4 is 17.5 Å². The van der Waals surface area contributed by atoms with Gasteiger partial charge in [-0.2, -0.15) is 0 Å². The van der Waals surface area contributed by atoms with Gasteiger partial charge >= 0.3 is 6.03 Å². The van der Waals surface area contributed by atoms with Crippen molar-refractivity contribution in [3.05, 3.63) is 41.1 Å². The van der Waals surface area contributed by atoms with Crippen molar-refractivity contribution in [1.29, 1.82) is 0 Å². The van der Waals surface area contributed by atoms with Crippen molar-refractivity contribution in [2.75, 3.05) is 0 Å². The van der Waals surface area contributed by atoms with Gasteiger partial charge in [-0.25, -0.2) is 4.79 Å². The van der Waals surface area contributed by atoms with Crippen LogP contribution in [0.4, 0.5) is 4.79 Å². The number of carbonyl (C=O) groups is 2. The lowest BCUT2D eigenvalue weighted by atomic mass is 10.0. The van der Waals surface area contributed by atoms with Gasteiger partial charge in [-0.05, 0) is 30.5 Å². The van der Waals surface area contributed by atoms with E-state index in [9.17, 15) is 9.59 Å². The molecule has 0 aliphatic carbocycles. The van der Waals surface area contributed by atoms with Crippen molar-refractivity contribution in [2.45, 2.75) is 13.8 Å². The number of benzene rings is 1. The van der Waals surface area contributed by atoms with Crippen LogP contribution in [0.1, 0.15) is 18.1 Å². The molecule has 1 aromatic carbocycles. The molecule has 4 nitrogen and oxygen atoms in total. The predicted molar refractivity (Wildman–Crippen MR) is 60.4 cm³/mol. The van der Waals surface area contributed by atoms with Crippen LogP contribution in [-0.2, 0) is 4.79 Å². The van der Waals surface area contributed by atoms with Gasteiger partial charge in [0.05, 0.1) is 0 Å². The Kier molecular flexibility index (Phi) is 2.48. The van der Waals surface area contributed by atoms with Crippen LogP contribution >= 0.6 is 0 Å². The van der Waals surface area contributed by atoms with Crippen LogP contribution in [-0.4, -0.2) is 11.9 Å². The molecular weight excluding hydrogens is 204 g/mol. The van der Waals surface area contributed by atoms with E-state index in [1.54, 1.807) is 0 Å². The molecule has 1 aliphatic rings. The molecule has 0 atom stereocenters. The maximum Gasteiger partial charge on any atom is 0.326 e. The largest absolute Gasteiger partial charge is 0.326 e. The van der Waals surface area contributed by atoms with Gasteiger partial charge in [0.1, 0.15) is 5.70 Å². The van der Waals surface area contributed by atoms with Gasteiger partial charge in [0.2, 0.25) is 0 Å². The number of hydrogen-bond acceptors (Lipinski definition) is 2. The highest BCUT2D eigenvalue weighted by molar-refractivity contribution is 6.15. The number of urea groups is 1. The summed E-state index contributed by atoms with van der Waals surface area (Å²) < 4.78 is 0. The Balaban J connectivity index is 2.49. The minimum atomic E-state index is -0.465. The maximum absolute atomic E-state index is 11.5. The molecule has 0 bridgehead atoms. The van der Waals surface area contributed by atoms with E-state index in [4.69, 9.17) is 0 Å². The van der Waals surface area contributed by atoms with Crippen molar-refractivity contribution in [3.63, 3.8) is 0 Å². The summed E-state index contributed by atoms with van der Waals surface area (Å²) in [5.74, 6) is -0.370. The van der Waals surface area contributed by atoms with Gasteiger partial charge in [0, 0.05) is 0 Å². The SMILES string of the molecule is C/C(=C1/NC(=O)NC1=O)c1ccccc1C. The number of allylic oxidation sites excluding steroid dienone is 1. The summed E-state index contributed by atoms with van der Waals surface area (Å²) in [5, 5.41) is 4.70. The van der Waals surface area contributed by atoms with E-state index in [1.165, 1.54) is 0 Å². The molecule has 2 rings (SSSR count). The molecule has 16 heavy (non-hydrogen) atoms. The molecule has 82 valence electrons. The average Bonchev–Trinajstić information content (AvgIpc) is 2.58. The molecule has 1 aliphatic heterocycles. The Morgan fingerprint density at radius 3 is 2.38 bits per heavy atom. The summed E-state index contributed by atoms with van der Waals surface area (Å²) in [6.07, 6.45) is 0. The Bertz CT molecular complexity index is 503. The second-order valence-electron chi connectivity index (χ2n) is 3.72. The van der Waals surface area contributed by atoms with Crippen LogP contribution in [0, 0.1) is 6.92 Å². The minimum Gasteiger partial charge on any atom is -0.303 e. The van der Waals surface area contributed by atoms with Crippen molar-refractivity contribution < 1.29 is 9.59 Å². The van der Waals surface area contributed by atoms with Crippen LogP contribution in [0.3, 0.4) is 0 Å². The summed E-state index contributed by atoms with van der Waals surface area (Å²) in [6, 6.07) is 7.27. The number of nitrogens with one attached hydrogen (secondary N) is 2. The van der Waals surface area contributed by atoms with E-state index in [2.05, 4.69) is 10.6 Å². The van der Waals surface area contributed by atoms with E-state index < -0.39 is 6.03 Å². The van der Waals surface area contributed by atoms with E-state index >= 15 is 0 Å². The molecule has 3 amide bonds. The normalized spacial score (nSPS) is 18.1. The fraction of sp³-hybridized carbons (Fsp3) is 0.167. The van der Waals surface area contributed by atoms with Gasteiger partial charge in [-0.1, -0.05) is 24.3 Å². The van der Waals surface area contributed by atoms with Gasteiger partial charge in [0.25, 0.3) is 5.91 Å². The van der Waals surface area contributed by atoms with Crippen LogP contribution in [0.15, 0.2) is 30.0 Å². The van der Waals surface area contributed by atoms with Crippen LogP contribution in [0.5, 0.6) is 0 Å². The molecule has 1 aromatic rings. The van der Waals surface area contributed by atoms with Gasteiger partial charge in [-0.15, -0.1) is 0 Å². The number of imide groups is 1. The molecule has 0 unspecified atom stereocenters.